The van der Waals surface area contributed by atoms with E-state index in [2.05, 4.69) is 10.1 Å². The van der Waals surface area contributed by atoms with Crippen LogP contribution < -0.4 is 10.5 Å². The van der Waals surface area contributed by atoms with Crippen molar-refractivity contribution in [3.8, 4) is 5.75 Å². The third kappa shape index (κ3) is 4.27. The Bertz CT molecular complexity index is 581. The fourth-order valence-electron chi connectivity index (χ4n) is 1.91. The lowest BCUT2D eigenvalue weighted by Gasteiger charge is -2.18. The van der Waals surface area contributed by atoms with Gasteiger partial charge in [-0.3, -0.25) is 0 Å². The normalized spacial score (nSPS) is 13.9. The Morgan fingerprint density at radius 2 is 2.19 bits per heavy atom. The highest BCUT2D eigenvalue weighted by atomic mass is 16.5. The molecular formula is C15H21N3O3. The van der Waals surface area contributed by atoms with Crippen LogP contribution in [0.3, 0.4) is 0 Å². The second kappa shape index (κ2) is 6.69. The standard InChI is InChI=1S/C15H21N3O3/c1-11-5-4-6-12(9-11)20-8-7-13-17-14(18-21-13)15(2,16)10-19-3/h4-6,9H,7-8,10,16H2,1-3H3. The van der Waals surface area contributed by atoms with E-state index in [1.165, 1.54) is 0 Å². The number of nitrogens with two attached hydrogens (primary N) is 1. The molecule has 0 aliphatic carbocycles. The van der Waals surface area contributed by atoms with Gasteiger partial charge in [-0.25, -0.2) is 0 Å². The van der Waals surface area contributed by atoms with Crippen molar-refractivity contribution in [1.82, 2.24) is 10.1 Å². The Morgan fingerprint density at radius 3 is 2.90 bits per heavy atom. The molecule has 2 aromatic rings. The molecule has 0 fully saturated rings. The lowest BCUT2D eigenvalue weighted by atomic mass is 10.1. The Morgan fingerprint density at radius 1 is 1.38 bits per heavy atom. The Balaban J connectivity index is 1.88. The van der Waals surface area contributed by atoms with E-state index in [4.69, 9.17) is 19.7 Å². The summed E-state index contributed by atoms with van der Waals surface area (Å²) in [6.07, 6.45) is 0.532. The number of methoxy groups -OCH3 is 1. The molecule has 2 rings (SSSR count). The van der Waals surface area contributed by atoms with Crippen LogP contribution in [0.15, 0.2) is 28.8 Å². The Labute approximate surface area is 124 Å². The molecule has 0 aliphatic heterocycles. The van der Waals surface area contributed by atoms with Crippen LogP contribution in [0.4, 0.5) is 0 Å². The van der Waals surface area contributed by atoms with Crippen LogP contribution >= 0.6 is 0 Å². The van der Waals surface area contributed by atoms with Crippen molar-refractivity contribution in [3.63, 3.8) is 0 Å². The first-order chi connectivity index (χ1) is 10.0. The van der Waals surface area contributed by atoms with E-state index < -0.39 is 5.54 Å². The zero-order chi connectivity index (χ0) is 15.3. The molecule has 114 valence electrons. The highest BCUT2D eigenvalue weighted by Gasteiger charge is 2.27. The Hall–Kier alpha value is -1.92. The summed E-state index contributed by atoms with van der Waals surface area (Å²) in [5.41, 5.74) is 6.46. The zero-order valence-electron chi connectivity index (χ0n) is 12.6. The maximum atomic E-state index is 6.06. The topological polar surface area (TPSA) is 83.4 Å². The number of aryl methyl sites for hydroxylation is 1. The summed E-state index contributed by atoms with van der Waals surface area (Å²) in [7, 11) is 1.59. The molecule has 1 unspecified atom stereocenters. The van der Waals surface area contributed by atoms with E-state index in [9.17, 15) is 0 Å². The summed E-state index contributed by atoms with van der Waals surface area (Å²) in [4.78, 5) is 4.29. The summed E-state index contributed by atoms with van der Waals surface area (Å²) in [6, 6.07) is 7.88. The molecule has 0 amide bonds. The monoisotopic (exact) mass is 291 g/mol. The zero-order valence-corrected chi connectivity index (χ0v) is 12.6. The first-order valence-corrected chi connectivity index (χ1v) is 6.81. The van der Waals surface area contributed by atoms with E-state index >= 15 is 0 Å². The minimum Gasteiger partial charge on any atom is -0.493 e. The summed E-state index contributed by atoms with van der Waals surface area (Å²) < 4.78 is 15.9. The van der Waals surface area contributed by atoms with E-state index in [0.29, 0.717) is 31.3 Å². The number of nitrogens with zero attached hydrogens (tertiary/aromatic N) is 2. The largest absolute Gasteiger partial charge is 0.493 e. The molecule has 6 heteroatoms. The van der Waals surface area contributed by atoms with Gasteiger partial charge >= 0.3 is 0 Å². The van der Waals surface area contributed by atoms with Gasteiger partial charge in [0.2, 0.25) is 5.89 Å². The molecule has 0 saturated heterocycles. The minimum absolute atomic E-state index is 0.325. The first-order valence-electron chi connectivity index (χ1n) is 6.81. The first kappa shape index (κ1) is 15.5. The van der Waals surface area contributed by atoms with Crippen LogP contribution in [-0.4, -0.2) is 30.5 Å². The fraction of sp³-hybridized carbons (Fsp3) is 0.467. The molecule has 0 radical (unpaired) electrons. The van der Waals surface area contributed by atoms with Gasteiger partial charge in [0.15, 0.2) is 5.82 Å². The van der Waals surface area contributed by atoms with Crippen LogP contribution in [0.5, 0.6) is 5.75 Å². The van der Waals surface area contributed by atoms with Crippen molar-refractivity contribution < 1.29 is 14.0 Å². The van der Waals surface area contributed by atoms with Gasteiger partial charge in [0, 0.05) is 7.11 Å². The van der Waals surface area contributed by atoms with Crippen molar-refractivity contribution >= 4 is 0 Å². The maximum absolute atomic E-state index is 6.06. The average molecular weight is 291 g/mol. The molecule has 0 spiro atoms. The van der Waals surface area contributed by atoms with Crippen LogP contribution in [0.1, 0.15) is 24.2 Å². The van der Waals surface area contributed by atoms with E-state index in [0.717, 1.165) is 11.3 Å². The van der Waals surface area contributed by atoms with Gasteiger partial charge < -0.3 is 19.7 Å². The molecule has 2 N–H and O–H groups in total. The number of benzene rings is 1. The van der Waals surface area contributed by atoms with Crippen LogP contribution in [0, 0.1) is 6.92 Å². The second-order valence-electron chi connectivity index (χ2n) is 5.28. The van der Waals surface area contributed by atoms with Gasteiger partial charge in [-0.05, 0) is 31.5 Å². The van der Waals surface area contributed by atoms with Crippen molar-refractivity contribution in [2.75, 3.05) is 20.3 Å². The number of ether oxygens (including phenoxy) is 2. The van der Waals surface area contributed by atoms with Crippen LogP contribution in [-0.2, 0) is 16.7 Å². The van der Waals surface area contributed by atoms with E-state index in [-0.39, 0.29) is 0 Å². The molecule has 0 bridgehead atoms. The van der Waals surface area contributed by atoms with Crippen molar-refractivity contribution in [1.29, 1.82) is 0 Å². The molecule has 1 atom stereocenters. The number of hydrogen-bond acceptors (Lipinski definition) is 6. The smallest absolute Gasteiger partial charge is 0.230 e. The van der Waals surface area contributed by atoms with Gasteiger partial charge in [0.1, 0.15) is 11.3 Å². The third-order valence-corrected chi connectivity index (χ3v) is 3.00. The predicted molar refractivity (Wildman–Crippen MR) is 78.1 cm³/mol. The van der Waals surface area contributed by atoms with Crippen molar-refractivity contribution in [2.24, 2.45) is 5.73 Å². The fourth-order valence-corrected chi connectivity index (χ4v) is 1.91. The average Bonchev–Trinajstić information content (AvgIpc) is 2.88. The highest BCUT2D eigenvalue weighted by molar-refractivity contribution is 5.27. The molecule has 0 saturated carbocycles. The quantitative estimate of drug-likeness (QED) is 0.837. The maximum Gasteiger partial charge on any atom is 0.230 e. The molecule has 21 heavy (non-hydrogen) atoms. The lowest BCUT2D eigenvalue weighted by molar-refractivity contribution is 0.135. The summed E-state index contributed by atoms with van der Waals surface area (Å²) in [5, 5.41) is 3.90. The van der Waals surface area contributed by atoms with Crippen LogP contribution in [0.2, 0.25) is 0 Å². The molecule has 1 aromatic heterocycles. The number of hydrogen-bond donors (Lipinski definition) is 1. The number of aromatic nitrogens is 2. The van der Waals surface area contributed by atoms with Crippen molar-refractivity contribution in [2.45, 2.75) is 25.8 Å². The van der Waals surface area contributed by atoms with Gasteiger partial charge in [-0.2, -0.15) is 4.98 Å². The summed E-state index contributed by atoms with van der Waals surface area (Å²) in [6.45, 7) is 4.62. The second-order valence-corrected chi connectivity index (χ2v) is 5.28. The Kier molecular flexibility index (Phi) is 4.93. The molecule has 0 aliphatic rings. The minimum atomic E-state index is -0.756. The number of rotatable bonds is 7. The summed E-state index contributed by atoms with van der Waals surface area (Å²) in [5.74, 6) is 1.78. The van der Waals surface area contributed by atoms with Crippen molar-refractivity contribution in [3.05, 3.63) is 41.5 Å². The molecule has 1 heterocycles. The molecular weight excluding hydrogens is 270 g/mol. The van der Waals surface area contributed by atoms with E-state index in [1.54, 1.807) is 14.0 Å². The predicted octanol–water partition coefficient (Wildman–Crippen LogP) is 1.82. The molecule has 1 aromatic carbocycles. The van der Waals surface area contributed by atoms with Crippen LogP contribution in [0.25, 0.3) is 0 Å². The summed E-state index contributed by atoms with van der Waals surface area (Å²) >= 11 is 0. The molecule has 6 nitrogen and oxygen atoms in total. The highest BCUT2D eigenvalue weighted by Crippen LogP contribution is 2.15. The SMILES string of the molecule is COCC(C)(N)c1noc(CCOc2cccc(C)c2)n1. The lowest BCUT2D eigenvalue weighted by Crippen LogP contribution is -2.39. The van der Waals surface area contributed by atoms with Gasteiger partial charge in [-0.1, -0.05) is 17.3 Å². The van der Waals surface area contributed by atoms with Gasteiger partial charge in [0.25, 0.3) is 0 Å². The van der Waals surface area contributed by atoms with Gasteiger partial charge in [-0.15, -0.1) is 0 Å². The third-order valence-electron chi connectivity index (χ3n) is 3.00. The van der Waals surface area contributed by atoms with E-state index in [1.807, 2.05) is 31.2 Å². The van der Waals surface area contributed by atoms with Gasteiger partial charge in [0.05, 0.1) is 19.6 Å².